The molecule has 5 nitrogen and oxygen atoms in total. The lowest BCUT2D eigenvalue weighted by Gasteiger charge is -2.32. The van der Waals surface area contributed by atoms with Crippen molar-refractivity contribution in [3.8, 4) is 0 Å². The standard InChI is InChI=1S/C20H25BrN2O3/c1-5-18(22-6-8-25-9-7-22)19-14(4)17(20(24)26-13(2)3)11-16-10-15(21)12-23(16)19/h5,10-13H,6-9H2,1-4H3. The van der Waals surface area contributed by atoms with Crippen LogP contribution >= 0.6 is 15.9 Å². The van der Waals surface area contributed by atoms with Crippen LogP contribution in [0.1, 0.15) is 42.4 Å². The van der Waals surface area contributed by atoms with Gasteiger partial charge in [-0.25, -0.2) is 4.79 Å². The molecule has 0 bridgehead atoms. The summed E-state index contributed by atoms with van der Waals surface area (Å²) in [6.07, 6.45) is 4.00. The summed E-state index contributed by atoms with van der Waals surface area (Å²) in [5, 5.41) is 0. The molecule has 0 aliphatic carbocycles. The summed E-state index contributed by atoms with van der Waals surface area (Å²) in [7, 11) is 0. The van der Waals surface area contributed by atoms with Crippen LogP contribution in [-0.2, 0) is 9.47 Å². The Bertz CT molecular complexity index is 848. The van der Waals surface area contributed by atoms with E-state index in [4.69, 9.17) is 9.47 Å². The molecule has 0 N–H and O–H groups in total. The van der Waals surface area contributed by atoms with Crippen LogP contribution < -0.4 is 0 Å². The van der Waals surface area contributed by atoms with Gasteiger partial charge in [0.15, 0.2) is 0 Å². The first-order valence-corrected chi connectivity index (χ1v) is 9.73. The van der Waals surface area contributed by atoms with Gasteiger partial charge in [0.2, 0.25) is 0 Å². The number of hydrogen-bond donors (Lipinski definition) is 0. The molecular formula is C20H25BrN2O3. The second kappa shape index (κ2) is 7.84. The van der Waals surface area contributed by atoms with Crippen LogP contribution in [0, 0.1) is 6.92 Å². The molecular weight excluding hydrogens is 396 g/mol. The Labute approximate surface area is 162 Å². The number of halogens is 1. The molecule has 1 aliphatic heterocycles. The van der Waals surface area contributed by atoms with E-state index in [1.165, 1.54) is 0 Å². The van der Waals surface area contributed by atoms with Crippen molar-refractivity contribution in [1.82, 2.24) is 9.30 Å². The molecule has 1 saturated heterocycles. The Kier molecular flexibility index (Phi) is 5.73. The molecule has 2 aromatic rings. The highest BCUT2D eigenvalue weighted by atomic mass is 79.9. The number of morpholine rings is 1. The SMILES string of the molecule is CC=C(c1c(C)c(C(=O)OC(C)C)cc2cc(Br)cn12)N1CCOCC1. The summed E-state index contributed by atoms with van der Waals surface area (Å²) in [6.45, 7) is 10.9. The van der Waals surface area contributed by atoms with Crippen LogP contribution in [0.3, 0.4) is 0 Å². The minimum Gasteiger partial charge on any atom is -0.459 e. The monoisotopic (exact) mass is 420 g/mol. The molecule has 0 spiro atoms. The van der Waals surface area contributed by atoms with Crippen LogP contribution in [0.4, 0.5) is 0 Å². The Hall–Kier alpha value is -1.79. The summed E-state index contributed by atoms with van der Waals surface area (Å²) in [5.74, 6) is -0.281. The van der Waals surface area contributed by atoms with E-state index in [0.717, 1.165) is 40.0 Å². The van der Waals surface area contributed by atoms with E-state index in [2.05, 4.69) is 31.3 Å². The number of hydrogen-bond acceptors (Lipinski definition) is 4. The highest BCUT2D eigenvalue weighted by Crippen LogP contribution is 2.30. The fraction of sp³-hybridized carbons (Fsp3) is 0.450. The summed E-state index contributed by atoms with van der Waals surface area (Å²) in [4.78, 5) is 15.0. The van der Waals surface area contributed by atoms with Gasteiger partial charge in [-0.05, 0) is 61.3 Å². The van der Waals surface area contributed by atoms with Crippen molar-refractivity contribution in [3.05, 3.63) is 45.7 Å². The van der Waals surface area contributed by atoms with Gasteiger partial charge in [0.25, 0.3) is 0 Å². The number of ether oxygens (including phenoxy) is 2. The molecule has 0 atom stereocenters. The maximum atomic E-state index is 12.7. The molecule has 3 rings (SSSR count). The average Bonchev–Trinajstić information content (AvgIpc) is 2.97. The lowest BCUT2D eigenvalue weighted by atomic mass is 10.0. The van der Waals surface area contributed by atoms with Crippen LogP contribution in [0.2, 0.25) is 0 Å². The lowest BCUT2D eigenvalue weighted by molar-refractivity contribution is 0.0377. The van der Waals surface area contributed by atoms with Gasteiger partial charge in [0.1, 0.15) is 0 Å². The third kappa shape index (κ3) is 3.67. The molecule has 1 fully saturated rings. The Morgan fingerprint density at radius 2 is 2.00 bits per heavy atom. The van der Waals surface area contributed by atoms with Crippen LogP contribution in [-0.4, -0.2) is 47.7 Å². The summed E-state index contributed by atoms with van der Waals surface area (Å²) < 4.78 is 14.1. The number of esters is 1. The number of fused-ring (bicyclic) bond motifs is 1. The van der Waals surface area contributed by atoms with E-state index in [1.54, 1.807) is 0 Å². The predicted molar refractivity (Wildman–Crippen MR) is 106 cm³/mol. The van der Waals surface area contributed by atoms with Gasteiger partial charge in [-0.15, -0.1) is 0 Å². The van der Waals surface area contributed by atoms with E-state index in [-0.39, 0.29) is 12.1 Å². The molecule has 6 heteroatoms. The van der Waals surface area contributed by atoms with E-state index in [0.29, 0.717) is 18.8 Å². The number of carbonyl (C=O) groups is 1. The highest BCUT2D eigenvalue weighted by Gasteiger charge is 2.23. The van der Waals surface area contributed by atoms with Gasteiger partial charge < -0.3 is 18.8 Å². The number of pyridine rings is 1. The zero-order chi connectivity index (χ0) is 18.8. The van der Waals surface area contributed by atoms with E-state index in [1.807, 2.05) is 46.0 Å². The third-order valence-electron chi connectivity index (χ3n) is 4.54. The number of nitrogens with zero attached hydrogens (tertiary/aromatic N) is 2. The largest absolute Gasteiger partial charge is 0.459 e. The van der Waals surface area contributed by atoms with Gasteiger partial charge in [-0.1, -0.05) is 6.08 Å². The van der Waals surface area contributed by atoms with Gasteiger partial charge in [-0.3, -0.25) is 0 Å². The normalized spacial score (nSPS) is 15.8. The first-order valence-electron chi connectivity index (χ1n) is 8.94. The smallest absolute Gasteiger partial charge is 0.338 e. The van der Waals surface area contributed by atoms with Gasteiger partial charge in [-0.2, -0.15) is 0 Å². The molecule has 3 heterocycles. The maximum Gasteiger partial charge on any atom is 0.338 e. The Balaban J connectivity index is 2.18. The third-order valence-corrected chi connectivity index (χ3v) is 4.97. The molecule has 0 aromatic carbocycles. The van der Waals surface area contributed by atoms with Gasteiger partial charge in [0.05, 0.1) is 36.3 Å². The van der Waals surface area contributed by atoms with Crippen molar-refractivity contribution >= 4 is 33.1 Å². The first kappa shape index (κ1) is 19.0. The summed E-state index contributed by atoms with van der Waals surface area (Å²) in [5.41, 5.74) is 4.62. The maximum absolute atomic E-state index is 12.7. The molecule has 0 saturated carbocycles. The predicted octanol–water partition coefficient (Wildman–Crippen LogP) is 4.27. The minimum absolute atomic E-state index is 0.152. The van der Waals surface area contributed by atoms with Crippen molar-refractivity contribution in [2.45, 2.75) is 33.8 Å². The fourth-order valence-electron chi connectivity index (χ4n) is 3.39. The summed E-state index contributed by atoms with van der Waals surface area (Å²) in [6, 6.07) is 3.92. The number of rotatable bonds is 4. The quantitative estimate of drug-likeness (QED) is 0.692. The van der Waals surface area contributed by atoms with Crippen molar-refractivity contribution in [2.24, 2.45) is 0 Å². The molecule has 1 aliphatic rings. The summed E-state index contributed by atoms with van der Waals surface area (Å²) >= 11 is 3.56. The van der Waals surface area contributed by atoms with Crippen LogP contribution in [0.15, 0.2) is 28.9 Å². The van der Waals surface area contributed by atoms with E-state index in [9.17, 15) is 4.79 Å². The minimum atomic E-state index is -0.281. The molecule has 0 radical (unpaired) electrons. The van der Waals surface area contributed by atoms with Crippen molar-refractivity contribution < 1.29 is 14.3 Å². The lowest BCUT2D eigenvalue weighted by Crippen LogP contribution is -2.35. The fourth-order valence-corrected chi connectivity index (χ4v) is 3.83. The van der Waals surface area contributed by atoms with Crippen LogP contribution in [0.25, 0.3) is 11.2 Å². The molecule has 2 aromatic heterocycles. The molecule has 140 valence electrons. The zero-order valence-electron chi connectivity index (χ0n) is 15.7. The second-order valence-corrected chi connectivity index (χ2v) is 7.63. The number of allylic oxidation sites excluding steroid dienone is 1. The average molecular weight is 421 g/mol. The number of carbonyl (C=O) groups excluding carboxylic acids is 1. The van der Waals surface area contributed by atoms with Crippen molar-refractivity contribution in [3.63, 3.8) is 0 Å². The Morgan fingerprint density at radius 3 is 2.62 bits per heavy atom. The van der Waals surface area contributed by atoms with Crippen molar-refractivity contribution in [2.75, 3.05) is 26.3 Å². The topological polar surface area (TPSA) is 43.2 Å². The first-order chi connectivity index (χ1) is 12.4. The van der Waals surface area contributed by atoms with E-state index >= 15 is 0 Å². The van der Waals surface area contributed by atoms with Gasteiger partial charge in [0, 0.05) is 29.3 Å². The molecule has 26 heavy (non-hydrogen) atoms. The van der Waals surface area contributed by atoms with Crippen LogP contribution in [0.5, 0.6) is 0 Å². The number of aromatic nitrogens is 1. The van der Waals surface area contributed by atoms with Crippen molar-refractivity contribution in [1.29, 1.82) is 0 Å². The second-order valence-electron chi connectivity index (χ2n) is 6.71. The molecule has 0 unspecified atom stereocenters. The Morgan fingerprint density at radius 1 is 1.31 bits per heavy atom. The van der Waals surface area contributed by atoms with Gasteiger partial charge >= 0.3 is 5.97 Å². The zero-order valence-corrected chi connectivity index (χ0v) is 17.3. The highest BCUT2D eigenvalue weighted by molar-refractivity contribution is 9.10. The van der Waals surface area contributed by atoms with E-state index < -0.39 is 0 Å². The molecule has 0 amide bonds.